The van der Waals surface area contributed by atoms with Crippen LogP contribution in [0.25, 0.3) is 0 Å². The highest BCUT2D eigenvalue weighted by atomic mass is 79.9. The fraction of sp³-hybridized carbons (Fsp3) is 0.188. The van der Waals surface area contributed by atoms with Crippen molar-refractivity contribution in [2.24, 2.45) is 0 Å². The molecule has 4 heteroatoms. The monoisotopic (exact) mass is 332 g/mol. The number of rotatable bonds is 3. The molecule has 0 fully saturated rings. The number of nitrogens with two attached hydrogens (primary N) is 1. The van der Waals surface area contributed by atoms with Crippen molar-refractivity contribution in [2.45, 2.75) is 13.5 Å². The molecule has 2 rings (SSSR count). The number of anilines is 1. The standard InChI is InChI=1S/C16H17BrN2O/c1-11-5-3-4-6-12(11)10-19(2)16(20)14-8-7-13(17)9-15(14)18/h3-9H,10,18H2,1-2H3. The Bertz CT molecular complexity index is 640. The zero-order chi connectivity index (χ0) is 14.7. The molecular formula is C16H17BrN2O. The average molecular weight is 333 g/mol. The molecule has 0 heterocycles. The van der Waals surface area contributed by atoms with Crippen LogP contribution in [0.3, 0.4) is 0 Å². The number of nitrogen functional groups attached to an aromatic ring is 1. The normalized spacial score (nSPS) is 10.3. The number of amides is 1. The van der Waals surface area contributed by atoms with Crippen LogP contribution in [-0.2, 0) is 6.54 Å². The van der Waals surface area contributed by atoms with Crippen molar-refractivity contribution in [2.75, 3.05) is 12.8 Å². The first-order chi connectivity index (χ1) is 9.49. The number of carbonyl (C=O) groups is 1. The maximum Gasteiger partial charge on any atom is 0.255 e. The molecule has 0 aromatic heterocycles. The molecule has 0 unspecified atom stereocenters. The van der Waals surface area contributed by atoms with Gasteiger partial charge in [0.2, 0.25) is 0 Å². The number of hydrogen-bond donors (Lipinski definition) is 1. The van der Waals surface area contributed by atoms with Crippen LogP contribution in [0.15, 0.2) is 46.9 Å². The van der Waals surface area contributed by atoms with Crippen molar-refractivity contribution in [1.82, 2.24) is 4.90 Å². The zero-order valence-electron chi connectivity index (χ0n) is 11.6. The van der Waals surface area contributed by atoms with E-state index < -0.39 is 0 Å². The minimum atomic E-state index is -0.0711. The lowest BCUT2D eigenvalue weighted by atomic mass is 10.1. The third-order valence-electron chi connectivity index (χ3n) is 3.26. The Balaban J connectivity index is 2.19. The van der Waals surface area contributed by atoms with Crippen molar-refractivity contribution in [3.8, 4) is 0 Å². The summed E-state index contributed by atoms with van der Waals surface area (Å²) >= 11 is 3.34. The lowest BCUT2D eigenvalue weighted by Crippen LogP contribution is -2.27. The van der Waals surface area contributed by atoms with E-state index in [0.717, 1.165) is 10.0 Å². The van der Waals surface area contributed by atoms with Gasteiger partial charge in [0.05, 0.1) is 5.56 Å². The molecule has 20 heavy (non-hydrogen) atoms. The molecule has 0 aliphatic heterocycles. The van der Waals surface area contributed by atoms with Crippen molar-refractivity contribution in [3.63, 3.8) is 0 Å². The van der Waals surface area contributed by atoms with Gasteiger partial charge in [-0.1, -0.05) is 40.2 Å². The van der Waals surface area contributed by atoms with E-state index in [9.17, 15) is 4.79 Å². The molecule has 0 saturated heterocycles. The summed E-state index contributed by atoms with van der Waals surface area (Å²) in [5.74, 6) is -0.0711. The van der Waals surface area contributed by atoms with E-state index in [0.29, 0.717) is 17.8 Å². The number of aryl methyl sites for hydroxylation is 1. The Morgan fingerprint density at radius 3 is 2.60 bits per heavy atom. The lowest BCUT2D eigenvalue weighted by molar-refractivity contribution is 0.0786. The van der Waals surface area contributed by atoms with Crippen LogP contribution in [0, 0.1) is 6.92 Å². The zero-order valence-corrected chi connectivity index (χ0v) is 13.1. The Morgan fingerprint density at radius 1 is 1.25 bits per heavy atom. The van der Waals surface area contributed by atoms with Gasteiger partial charge < -0.3 is 10.6 Å². The molecule has 0 radical (unpaired) electrons. The molecule has 2 N–H and O–H groups in total. The van der Waals surface area contributed by atoms with Gasteiger partial charge in [-0.25, -0.2) is 0 Å². The van der Waals surface area contributed by atoms with Crippen molar-refractivity contribution < 1.29 is 4.79 Å². The number of nitrogens with zero attached hydrogens (tertiary/aromatic N) is 1. The van der Waals surface area contributed by atoms with Crippen molar-refractivity contribution >= 4 is 27.5 Å². The maximum absolute atomic E-state index is 12.4. The summed E-state index contributed by atoms with van der Waals surface area (Å²) in [6.07, 6.45) is 0. The number of halogens is 1. The largest absolute Gasteiger partial charge is 0.398 e. The van der Waals surface area contributed by atoms with E-state index in [1.54, 1.807) is 24.1 Å². The molecule has 1 amide bonds. The van der Waals surface area contributed by atoms with E-state index in [1.807, 2.05) is 37.3 Å². The van der Waals surface area contributed by atoms with Crippen LogP contribution in [0.1, 0.15) is 21.5 Å². The van der Waals surface area contributed by atoms with Crippen LogP contribution in [-0.4, -0.2) is 17.9 Å². The van der Waals surface area contributed by atoms with Crippen LogP contribution >= 0.6 is 15.9 Å². The maximum atomic E-state index is 12.4. The lowest BCUT2D eigenvalue weighted by Gasteiger charge is -2.19. The molecule has 0 bridgehead atoms. The van der Waals surface area contributed by atoms with Gasteiger partial charge in [-0.15, -0.1) is 0 Å². The van der Waals surface area contributed by atoms with Gasteiger partial charge in [-0.3, -0.25) is 4.79 Å². The van der Waals surface area contributed by atoms with Gasteiger partial charge in [0.25, 0.3) is 5.91 Å². The Morgan fingerprint density at radius 2 is 1.95 bits per heavy atom. The molecule has 0 spiro atoms. The molecule has 0 atom stereocenters. The summed E-state index contributed by atoms with van der Waals surface area (Å²) in [7, 11) is 1.79. The number of benzene rings is 2. The van der Waals surface area contributed by atoms with E-state index in [2.05, 4.69) is 15.9 Å². The van der Waals surface area contributed by atoms with E-state index in [4.69, 9.17) is 5.73 Å². The van der Waals surface area contributed by atoms with Gasteiger partial charge in [0.15, 0.2) is 0 Å². The Labute approximate surface area is 127 Å². The van der Waals surface area contributed by atoms with Gasteiger partial charge in [0.1, 0.15) is 0 Å². The Kier molecular flexibility index (Phi) is 4.45. The predicted octanol–water partition coefficient (Wildman–Crippen LogP) is 3.61. The Hall–Kier alpha value is -1.81. The van der Waals surface area contributed by atoms with E-state index in [-0.39, 0.29) is 5.91 Å². The summed E-state index contributed by atoms with van der Waals surface area (Å²) in [4.78, 5) is 14.1. The minimum absolute atomic E-state index is 0.0711. The van der Waals surface area contributed by atoms with E-state index in [1.165, 1.54) is 5.56 Å². The highest BCUT2D eigenvalue weighted by Crippen LogP contribution is 2.20. The number of hydrogen-bond acceptors (Lipinski definition) is 2. The third-order valence-corrected chi connectivity index (χ3v) is 3.75. The van der Waals surface area contributed by atoms with Gasteiger partial charge in [-0.2, -0.15) is 0 Å². The molecule has 0 aliphatic carbocycles. The fourth-order valence-corrected chi connectivity index (χ4v) is 2.43. The first-order valence-corrected chi connectivity index (χ1v) is 7.13. The average Bonchev–Trinajstić information content (AvgIpc) is 2.40. The van der Waals surface area contributed by atoms with Crippen LogP contribution < -0.4 is 5.73 Å². The number of carbonyl (C=O) groups excluding carboxylic acids is 1. The summed E-state index contributed by atoms with van der Waals surface area (Å²) in [5.41, 5.74) is 9.24. The SMILES string of the molecule is Cc1ccccc1CN(C)C(=O)c1ccc(Br)cc1N. The summed E-state index contributed by atoms with van der Waals surface area (Å²) in [6.45, 7) is 2.61. The first-order valence-electron chi connectivity index (χ1n) is 6.34. The highest BCUT2D eigenvalue weighted by Gasteiger charge is 2.15. The summed E-state index contributed by atoms with van der Waals surface area (Å²) < 4.78 is 0.869. The summed E-state index contributed by atoms with van der Waals surface area (Å²) in [6, 6.07) is 13.4. The third kappa shape index (κ3) is 3.20. The second kappa shape index (κ2) is 6.09. The predicted molar refractivity (Wildman–Crippen MR) is 85.5 cm³/mol. The first kappa shape index (κ1) is 14.6. The minimum Gasteiger partial charge on any atom is -0.398 e. The molecule has 3 nitrogen and oxygen atoms in total. The molecule has 0 saturated carbocycles. The fourth-order valence-electron chi connectivity index (χ4n) is 2.05. The van der Waals surface area contributed by atoms with Crippen LogP contribution in [0.4, 0.5) is 5.69 Å². The smallest absolute Gasteiger partial charge is 0.255 e. The topological polar surface area (TPSA) is 46.3 Å². The van der Waals surface area contributed by atoms with Gasteiger partial charge >= 0.3 is 0 Å². The highest BCUT2D eigenvalue weighted by molar-refractivity contribution is 9.10. The van der Waals surface area contributed by atoms with E-state index >= 15 is 0 Å². The van der Waals surface area contributed by atoms with Gasteiger partial charge in [0, 0.05) is 23.8 Å². The van der Waals surface area contributed by atoms with Crippen molar-refractivity contribution in [1.29, 1.82) is 0 Å². The quantitative estimate of drug-likeness (QED) is 0.872. The van der Waals surface area contributed by atoms with Crippen LogP contribution in [0.2, 0.25) is 0 Å². The second-order valence-electron chi connectivity index (χ2n) is 4.82. The molecule has 2 aromatic carbocycles. The van der Waals surface area contributed by atoms with Gasteiger partial charge in [-0.05, 0) is 36.2 Å². The second-order valence-corrected chi connectivity index (χ2v) is 5.73. The van der Waals surface area contributed by atoms with Crippen LogP contribution in [0.5, 0.6) is 0 Å². The molecule has 0 aliphatic rings. The van der Waals surface area contributed by atoms with Crippen molar-refractivity contribution in [3.05, 3.63) is 63.6 Å². The summed E-state index contributed by atoms with van der Waals surface area (Å²) in [5, 5.41) is 0. The molecule has 2 aromatic rings. The molecular weight excluding hydrogens is 316 g/mol. The molecule has 104 valence electrons.